The summed E-state index contributed by atoms with van der Waals surface area (Å²) in [7, 11) is 3.01. The van der Waals surface area contributed by atoms with E-state index in [2.05, 4.69) is 46.6 Å². The van der Waals surface area contributed by atoms with E-state index in [1.54, 1.807) is 13.2 Å². The molecule has 1 atom stereocenters. The highest BCUT2D eigenvalue weighted by molar-refractivity contribution is 6.36. The highest BCUT2D eigenvalue weighted by Crippen LogP contribution is 2.32. The van der Waals surface area contributed by atoms with Gasteiger partial charge < -0.3 is 18.8 Å². The van der Waals surface area contributed by atoms with Gasteiger partial charge in [-0.25, -0.2) is 4.98 Å². The summed E-state index contributed by atoms with van der Waals surface area (Å²) in [5, 5.41) is 1.17. The topological polar surface area (TPSA) is 62.6 Å². The molecule has 0 N–H and O–H groups in total. The fourth-order valence-electron chi connectivity index (χ4n) is 4.34. The van der Waals surface area contributed by atoms with Gasteiger partial charge in [-0.05, 0) is 66.5 Å². The average molecular weight is 568 g/mol. The van der Waals surface area contributed by atoms with Gasteiger partial charge in [-0.1, -0.05) is 59.6 Å². The standard InChI is InChI=1S/C31H32Cl2N2O4/c1-4-35-21-28(26-12-11-25(32)20-27(26)33)34-29(35)13-10-22-7-5-8-24(19-22)23-14-16-31(38-3,17-15-23)39-18-6-9-30(36)37-2/h5,7-8,10-16,19-21H,4,6,9,17-18H2,1-3H3. The first kappa shape index (κ1) is 28.8. The second-order valence-corrected chi connectivity index (χ2v) is 9.94. The Labute approximate surface area is 239 Å². The van der Waals surface area contributed by atoms with Gasteiger partial charge >= 0.3 is 5.97 Å². The van der Waals surface area contributed by atoms with Gasteiger partial charge in [0.25, 0.3) is 0 Å². The first-order chi connectivity index (χ1) is 18.9. The molecular formula is C31H32Cl2N2O4. The van der Waals surface area contributed by atoms with Crippen LogP contribution in [0.3, 0.4) is 0 Å². The number of rotatable bonds is 11. The summed E-state index contributed by atoms with van der Waals surface area (Å²) in [4.78, 5) is 16.1. The predicted octanol–water partition coefficient (Wildman–Crippen LogP) is 7.70. The summed E-state index contributed by atoms with van der Waals surface area (Å²) in [6.07, 6.45) is 13.6. The Kier molecular flexibility index (Phi) is 9.81. The van der Waals surface area contributed by atoms with Crippen LogP contribution in [0.15, 0.2) is 66.9 Å². The number of halogens is 2. The SMILES string of the molecule is CCn1cc(-c2ccc(Cl)cc2Cl)nc1C=Cc1cccc(C2=CCC(OC)(OCCCC(=O)OC)C=C2)c1. The lowest BCUT2D eigenvalue weighted by Crippen LogP contribution is -2.33. The number of aryl methyl sites for hydroxylation is 1. The highest BCUT2D eigenvalue weighted by Gasteiger charge is 2.29. The van der Waals surface area contributed by atoms with Gasteiger partial charge in [0.1, 0.15) is 5.82 Å². The first-order valence-corrected chi connectivity index (χ1v) is 13.6. The van der Waals surface area contributed by atoms with Crippen molar-refractivity contribution in [3.63, 3.8) is 0 Å². The Morgan fingerprint density at radius 3 is 2.69 bits per heavy atom. The molecule has 0 saturated carbocycles. The molecule has 1 unspecified atom stereocenters. The number of hydrogen-bond acceptors (Lipinski definition) is 5. The molecule has 0 fully saturated rings. The molecule has 6 nitrogen and oxygen atoms in total. The Morgan fingerprint density at radius 2 is 2.00 bits per heavy atom. The van der Waals surface area contributed by atoms with Crippen LogP contribution in [0.1, 0.15) is 43.1 Å². The molecule has 8 heteroatoms. The third kappa shape index (κ3) is 7.28. The molecule has 1 heterocycles. The molecule has 39 heavy (non-hydrogen) atoms. The van der Waals surface area contributed by atoms with E-state index < -0.39 is 5.79 Å². The van der Waals surface area contributed by atoms with Crippen LogP contribution >= 0.6 is 23.2 Å². The van der Waals surface area contributed by atoms with Crippen molar-refractivity contribution in [2.45, 2.75) is 38.5 Å². The maximum atomic E-state index is 11.3. The number of carbonyl (C=O) groups is 1. The van der Waals surface area contributed by atoms with E-state index in [4.69, 9.17) is 37.7 Å². The number of ether oxygens (including phenoxy) is 3. The van der Waals surface area contributed by atoms with Gasteiger partial charge in [-0.2, -0.15) is 0 Å². The normalized spacial score (nSPS) is 17.0. The van der Waals surface area contributed by atoms with Gasteiger partial charge in [-0.3, -0.25) is 4.79 Å². The molecule has 0 radical (unpaired) electrons. The lowest BCUT2D eigenvalue weighted by molar-refractivity contribution is -0.187. The number of allylic oxidation sites excluding steroid dienone is 2. The summed E-state index contributed by atoms with van der Waals surface area (Å²) >= 11 is 12.5. The Morgan fingerprint density at radius 1 is 1.15 bits per heavy atom. The van der Waals surface area contributed by atoms with Crippen LogP contribution in [-0.2, 0) is 25.5 Å². The number of imidazole rings is 1. The summed E-state index contributed by atoms with van der Waals surface area (Å²) in [6.45, 7) is 3.26. The monoisotopic (exact) mass is 566 g/mol. The third-order valence-corrected chi connectivity index (χ3v) is 7.12. The largest absolute Gasteiger partial charge is 0.469 e. The summed E-state index contributed by atoms with van der Waals surface area (Å²) in [5.41, 5.74) is 4.89. The molecule has 4 rings (SSSR count). The van der Waals surface area contributed by atoms with Gasteiger partial charge in [0.05, 0.1) is 24.4 Å². The molecule has 1 aliphatic rings. The van der Waals surface area contributed by atoms with Crippen molar-refractivity contribution in [1.29, 1.82) is 0 Å². The molecule has 0 saturated heterocycles. The van der Waals surface area contributed by atoms with Crippen molar-refractivity contribution >= 4 is 46.9 Å². The fraction of sp³-hybridized carbons (Fsp3) is 0.290. The van der Waals surface area contributed by atoms with Crippen LogP contribution in [0, 0.1) is 0 Å². The van der Waals surface area contributed by atoms with Crippen molar-refractivity contribution in [2.75, 3.05) is 20.8 Å². The second kappa shape index (κ2) is 13.3. The van der Waals surface area contributed by atoms with Crippen molar-refractivity contribution < 1.29 is 19.0 Å². The van der Waals surface area contributed by atoms with E-state index in [0.717, 1.165) is 40.3 Å². The zero-order valence-electron chi connectivity index (χ0n) is 22.3. The van der Waals surface area contributed by atoms with Gasteiger partial charge in [0.2, 0.25) is 0 Å². The van der Waals surface area contributed by atoms with Crippen LogP contribution in [-0.4, -0.2) is 42.1 Å². The number of methoxy groups -OCH3 is 2. The van der Waals surface area contributed by atoms with Gasteiger partial charge in [-0.15, -0.1) is 0 Å². The van der Waals surface area contributed by atoms with E-state index in [1.807, 2.05) is 42.6 Å². The molecule has 0 aliphatic heterocycles. The predicted molar refractivity (Wildman–Crippen MR) is 157 cm³/mol. The van der Waals surface area contributed by atoms with Crippen molar-refractivity contribution in [2.24, 2.45) is 0 Å². The number of esters is 1. The zero-order chi connectivity index (χ0) is 27.8. The number of aromatic nitrogens is 2. The maximum absolute atomic E-state index is 11.3. The minimum atomic E-state index is -0.834. The summed E-state index contributed by atoms with van der Waals surface area (Å²) < 4.78 is 18.4. The molecule has 0 bridgehead atoms. The summed E-state index contributed by atoms with van der Waals surface area (Å²) in [6, 6.07) is 13.8. The molecule has 1 aliphatic carbocycles. The van der Waals surface area contributed by atoms with Gasteiger partial charge in [0.15, 0.2) is 5.79 Å². The lowest BCUT2D eigenvalue weighted by atomic mass is 9.95. The fourth-order valence-corrected chi connectivity index (χ4v) is 4.84. The van der Waals surface area contributed by atoms with Crippen LogP contribution in [0.5, 0.6) is 0 Å². The quantitative estimate of drug-likeness (QED) is 0.135. The Hall–Kier alpha value is -3.16. The Bertz CT molecular complexity index is 1410. The van der Waals surface area contributed by atoms with E-state index in [9.17, 15) is 4.79 Å². The number of benzene rings is 2. The molecule has 3 aromatic rings. The van der Waals surface area contributed by atoms with E-state index >= 15 is 0 Å². The number of hydrogen-bond donors (Lipinski definition) is 0. The van der Waals surface area contributed by atoms with Gasteiger partial charge in [0, 0.05) is 43.3 Å². The molecular weight excluding hydrogens is 535 g/mol. The van der Waals surface area contributed by atoms with Crippen LogP contribution in [0.4, 0.5) is 0 Å². The Balaban J connectivity index is 1.46. The molecule has 0 amide bonds. The van der Waals surface area contributed by atoms with E-state index in [0.29, 0.717) is 35.9 Å². The van der Waals surface area contributed by atoms with Crippen LogP contribution in [0.2, 0.25) is 10.0 Å². The zero-order valence-corrected chi connectivity index (χ0v) is 23.8. The second-order valence-electron chi connectivity index (χ2n) is 9.09. The average Bonchev–Trinajstić information content (AvgIpc) is 3.37. The molecule has 1 aromatic heterocycles. The van der Waals surface area contributed by atoms with Crippen LogP contribution < -0.4 is 0 Å². The number of nitrogens with zero attached hydrogens (tertiary/aromatic N) is 2. The van der Waals surface area contributed by atoms with Crippen molar-refractivity contribution in [3.05, 3.63) is 93.9 Å². The molecule has 0 spiro atoms. The van der Waals surface area contributed by atoms with Crippen molar-refractivity contribution in [1.82, 2.24) is 9.55 Å². The third-order valence-electron chi connectivity index (χ3n) is 6.57. The molecule has 2 aromatic carbocycles. The van der Waals surface area contributed by atoms with Crippen molar-refractivity contribution in [3.8, 4) is 11.3 Å². The maximum Gasteiger partial charge on any atom is 0.305 e. The number of carbonyl (C=O) groups excluding carboxylic acids is 1. The first-order valence-electron chi connectivity index (χ1n) is 12.8. The lowest BCUT2D eigenvalue weighted by Gasteiger charge is -2.31. The smallest absolute Gasteiger partial charge is 0.305 e. The minimum absolute atomic E-state index is 0.245. The van der Waals surface area contributed by atoms with E-state index in [1.165, 1.54) is 7.11 Å². The summed E-state index contributed by atoms with van der Waals surface area (Å²) in [5.74, 6) is -0.237. The van der Waals surface area contributed by atoms with Crippen LogP contribution in [0.25, 0.3) is 29.0 Å². The minimum Gasteiger partial charge on any atom is -0.469 e. The highest BCUT2D eigenvalue weighted by atomic mass is 35.5. The van der Waals surface area contributed by atoms with E-state index in [-0.39, 0.29) is 5.97 Å². The molecule has 204 valence electrons.